The van der Waals surface area contributed by atoms with Crippen molar-refractivity contribution in [2.45, 2.75) is 44.2 Å². The van der Waals surface area contributed by atoms with Gasteiger partial charge in [0, 0.05) is 36.0 Å². The van der Waals surface area contributed by atoms with Crippen LogP contribution in [0.3, 0.4) is 0 Å². The molecule has 3 aromatic rings. The Morgan fingerprint density at radius 2 is 2.16 bits per heavy atom. The molecule has 0 unspecified atom stereocenters. The molecular formula is C23H27ClN6O. The molecule has 8 heteroatoms. The molecule has 0 spiro atoms. The first-order valence-electron chi connectivity index (χ1n) is 11.0. The van der Waals surface area contributed by atoms with Crippen molar-refractivity contribution < 1.29 is 4.79 Å². The van der Waals surface area contributed by atoms with Crippen LogP contribution in [0.25, 0.3) is 11.0 Å². The van der Waals surface area contributed by atoms with Crippen LogP contribution in [-0.2, 0) is 4.79 Å². The molecule has 2 aromatic heterocycles. The molecule has 2 aliphatic rings. The highest BCUT2D eigenvalue weighted by molar-refractivity contribution is 6.30. The van der Waals surface area contributed by atoms with E-state index in [2.05, 4.69) is 30.5 Å². The molecule has 1 amide bonds. The molecule has 1 aliphatic heterocycles. The number of halogens is 1. The number of anilines is 2. The van der Waals surface area contributed by atoms with Crippen LogP contribution in [0.15, 0.2) is 42.9 Å². The first-order chi connectivity index (χ1) is 15.2. The van der Waals surface area contributed by atoms with Crippen molar-refractivity contribution >= 4 is 40.0 Å². The smallest absolute Gasteiger partial charge is 0.242 e. The molecule has 3 N–H and O–H groups in total. The number of nitrogens with zero attached hydrogens (tertiary/aromatic N) is 3. The summed E-state index contributed by atoms with van der Waals surface area (Å²) in [5, 5.41) is 8.39. The fraction of sp³-hybridized carbons (Fsp3) is 0.435. The van der Waals surface area contributed by atoms with Gasteiger partial charge in [-0.05, 0) is 49.4 Å². The number of rotatable bonds is 7. The Morgan fingerprint density at radius 3 is 3.00 bits per heavy atom. The Bertz CT molecular complexity index is 1060. The summed E-state index contributed by atoms with van der Waals surface area (Å²) in [6.07, 6.45) is 8.72. The molecule has 1 saturated carbocycles. The summed E-state index contributed by atoms with van der Waals surface area (Å²) >= 11 is 6.13. The van der Waals surface area contributed by atoms with E-state index in [9.17, 15) is 4.79 Å². The van der Waals surface area contributed by atoms with Crippen molar-refractivity contribution in [3.05, 3.63) is 47.9 Å². The minimum absolute atomic E-state index is 0.0632. The summed E-state index contributed by atoms with van der Waals surface area (Å²) in [6, 6.07) is 9.41. The SMILES string of the molecule is O=C(N[C@@H]1CCCN(c2ncnc3[nH]ccc23)C1)[C@@H](CC1CC1)Nc1cccc(Cl)c1. The number of piperidine rings is 1. The lowest BCUT2D eigenvalue weighted by molar-refractivity contribution is -0.122. The largest absolute Gasteiger partial charge is 0.374 e. The first-order valence-corrected chi connectivity index (χ1v) is 11.4. The van der Waals surface area contributed by atoms with Crippen molar-refractivity contribution in [2.24, 2.45) is 5.92 Å². The minimum Gasteiger partial charge on any atom is -0.374 e. The molecule has 162 valence electrons. The van der Waals surface area contributed by atoms with Crippen molar-refractivity contribution in [1.29, 1.82) is 0 Å². The molecular weight excluding hydrogens is 412 g/mol. The summed E-state index contributed by atoms with van der Waals surface area (Å²) in [4.78, 5) is 27.4. The average molecular weight is 439 g/mol. The quantitative estimate of drug-likeness (QED) is 0.519. The number of carbonyl (C=O) groups is 1. The minimum atomic E-state index is -0.253. The number of fused-ring (bicyclic) bond motifs is 1. The second-order valence-corrected chi connectivity index (χ2v) is 9.05. The Morgan fingerprint density at radius 1 is 1.26 bits per heavy atom. The number of hydrogen-bond acceptors (Lipinski definition) is 5. The van der Waals surface area contributed by atoms with Gasteiger partial charge in [-0.15, -0.1) is 0 Å². The zero-order valence-electron chi connectivity index (χ0n) is 17.4. The normalized spacial score (nSPS) is 19.9. The van der Waals surface area contributed by atoms with E-state index in [1.165, 1.54) is 12.8 Å². The van der Waals surface area contributed by atoms with Gasteiger partial charge in [-0.3, -0.25) is 4.79 Å². The third-order valence-electron chi connectivity index (χ3n) is 6.15. The Hall–Kier alpha value is -2.80. The molecule has 1 aliphatic carbocycles. The van der Waals surface area contributed by atoms with E-state index in [-0.39, 0.29) is 18.0 Å². The molecule has 2 fully saturated rings. The molecule has 1 saturated heterocycles. The molecule has 5 rings (SSSR count). The summed E-state index contributed by atoms with van der Waals surface area (Å²) < 4.78 is 0. The van der Waals surface area contributed by atoms with E-state index in [1.807, 2.05) is 36.5 Å². The Kier molecular flexibility index (Phi) is 5.68. The van der Waals surface area contributed by atoms with E-state index in [0.717, 1.165) is 54.9 Å². The van der Waals surface area contributed by atoms with Crippen molar-refractivity contribution in [3.63, 3.8) is 0 Å². The summed E-state index contributed by atoms with van der Waals surface area (Å²) in [6.45, 7) is 1.67. The Labute approximate surface area is 186 Å². The topological polar surface area (TPSA) is 85.9 Å². The first kappa shape index (κ1) is 20.1. The van der Waals surface area contributed by atoms with Crippen LogP contribution in [0, 0.1) is 5.92 Å². The van der Waals surface area contributed by atoms with Crippen LogP contribution in [0.5, 0.6) is 0 Å². The van der Waals surface area contributed by atoms with E-state index in [0.29, 0.717) is 10.9 Å². The van der Waals surface area contributed by atoms with Gasteiger partial charge in [0.2, 0.25) is 5.91 Å². The molecule has 1 aromatic carbocycles. The lowest BCUT2D eigenvalue weighted by Gasteiger charge is -2.35. The van der Waals surface area contributed by atoms with Crippen LogP contribution >= 0.6 is 11.6 Å². The lowest BCUT2D eigenvalue weighted by Crippen LogP contribution is -2.52. The van der Waals surface area contributed by atoms with E-state index < -0.39 is 0 Å². The maximum Gasteiger partial charge on any atom is 0.242 e. The maximum absolute atomic E-state index is 13.2. The second-order valence-electron chi connectivity index (χ2n) is 8.62. The lowest BCUT2D eigenvalue weighted by atomic mass is 10.0. The highest BCUT2D eigenvalue weighted by Gasteiger charge is 2.31. The third-order valence-corrected chi connectivity index (χ3v) is 6.38. The third kappa shape index (κ3) is 4.77. The predicted molar refractivity (Wildman–Crippen MR) is 123 cm³/mol. The summed E-state index contributed by atoms with van der Waals surface area (Å²) in [5.74, 6) is 1.62. The van der Waals surface area contributed by atoms with Crippen molar-refractivity contribution in [1.82, 2.24) is 20.3 Å². The zero-order chi connectivity index (χ0) is 21.2. The monoisotopic (exact) mass is 438 g/mol. The maximum atomic E-state index is 13.2. The van der Waals surface area contributed by atoms with Gasteiger partial charge in [-0.2, -0.15) is 0 Å². The van der Waals surface area contributed by atoms with Gasteiger partial charge >= 0.3 is 0 Å². The van der Waals surface area contributed by atoms with Crippen LogP contribution in [-0.4, -0.2) is 46.0 Å². The Balaban J connectivity index is 1.27. The van der Waals surface area contributed by atoms with Gasteiger partial charge in [0.1, 0.15) is 23.8 Å². The van der Waals surface area contributed by atoms with Gasteiger partial charge in [-0.1, -0.05) is 30.5 Å². The number of benzene rings is 1. The number of nitrogens with one attached hydrogen (secondary N) is 3. The van der Waals surface area contributed by atoms with Gasteiger partial charge in [0.15, 0.2) is 0 Å². The number of aromatic amines is 1. The second kappa shape index (κ2) is 8.75. The molecule has 0 bridgehead atoms. The zero-order valence-corrected chi connectivity index (χ0v) is 18.1. The fourth-order valence-corrected chi connectivity index (χ4v) is 4.59. The number of H-pyrrole nitrogens is 1. The van der Waals surface area contributed by atoms with Gasteiger partial charge in [0.25, 0.3) is 0 Å². The van der Waals surface area contributed by atoms with E-state index >= 15 is 0 Å². The van der Waals surface area contributed by atoms with Gasteiger partial charge in [0.05, 0.1) is 5.39 Å². The highest BCUT2D eigenvalue weighted by atomic mass is 35.5. The van der Waals surface area contributed by atoms with Crippen LogP contribution < -0.4 is 15.5 Å². The van der Waals surface area contributed by atoms with Crippen molar-refractivity contribution in [3.8, 4) is 0 Å². The van der Waals surface area contributed by atoms with Crippen LogP contribution in [0.4, 0.5) is 11.5 Å². The molecule has 31 heavy (non-hydrogen) atoms. The van der Waals surface area contributed by atoms with Crippen LogP contribution in [0.1, 0.15) is 32.1 Å². The number of hydrogen-bond donors (Lipinski definition) is 3. The van der Waals surface area contributed by atoms with Crippen molar-refractivity contribution in [2.75, 3.05) is 23.3 Å². The predicted octanol–water partition coefficient (Wildman–Crippen LogP) is 3.98. The number of carbonyl (C=O) groups excluding carboxylic acids is 1. The van der Waals surface area contributed by atoms with Gasteiger partial charge < -0.3 is 20.5 Å². The van der Waals surface area contributed by atoms with E-state index in [4.69, 9.17) is 11.6 Å². The van der Waals surface area contributed by atoms with Gasteiger partial charge in [-0.25, -0.2) is 9.97 Å². The summed E-state index contributed by atoms with van der Waals surface area (Å²) in [7, 11) is 0. The highest BCUT2D eigenvalue weighted by Crippen LogP contribution is 2.34. The fourth-order valence-electron chi connectivity index (χ4n) is 4.40. The number of aromatic nitrogens is 3. The van der Waals surface area contributed by atoms with E-state index in [1.54, 1.807) is 6.33 Å². The average Bonchev–Trinajstić information content (AvgIpc) is 3.45. The molecule has 3 heterocycles. The van der Waals surface area contributed by atoms with Crippen LogP contribution in [0.2, 0.25) is 5.02 Å². The molecule has 2 atom stereocenters. The molecule has 7 nitrogen and oxygen atoms in total. The number of amides is 1. The molecule has 0 radical (unpaired) electrons. The summed E-state index contributed by atoms with van der Waals surface area (Å²) in [5.41, 5.74) is 1.72. The standard InChI is InChI=1S/C23H27ClN6O/c24-16-3-1-4-17(12-16)28-20(11-15-6-7-15)23(31)29-18-5-2-10-30(13-18)22-19-8-9-25-21(19)26-14-27-22/h1,3-4,8-9,12,14-15,18,20,28H,2,5-7,10-11,13H2,(H,29,31)(H,25,26,27)/t18-,20-/m1/s1.